The first-order valence-electron chi connectivity index (χ1n) is 11.6. The van der Waals surface area contributed by atoms with Crippen LogP contribution in [0.5, 0.6) is 0 Å². The van der Waals surface area contributed by atoms with Gasteiger partial charge in [0.2, 0.25) is 0 Å². The number of hydrogen-bond acceptors (Lipinski definition) is 6. The molecule has 3 heterocycles. The first-order chi connectivity index (χ1) is 17.5. The zero-order valence-corrected chi connectivity index (χ0v) is 21.2. The fraction of sp³-hybridized carbons (Fsp3) is 0.333. The van der Waals surface area contributed by atoms with Crippen LogP contribution in [-0.4, -0.2) is 37.6 Å². The van der Waals surface area contributed by atoms with Crippen molar-refractivity contribution in [3.63, 3.8) is 0 Å². The number of ether oxygens (including phenoxy) is 6. The zero-order valence-electron chi connectivity index (χ0n) is 19.0. The third-order valence-corrected chi connectivity index (χ3v) is 7.22. The molecule has 188 valence electrons. The second kappa shape index (κ2) is 10.6. The summed E-state index contributed by atoms with van der Waals surface area (Å²) < 4.78 is 37.7. The van der Waals surface area contributed by atoms with Crippen LogP contribution in [0, 0.1) is 0 Å². The number of fused-ring (bicyclic) bond motifs is 1. The molecule has 0 radical (unpaired) electrons. The van der Waals surface area contributed by atoms with Gasteiger partial charge in [-0.3, -0.25) is 0 Å². The van der Waals surface area contributed by atoms with Gasteiger partial charge in [0.25, 0.3) is 0 Å². The molecular weight excluding hydrogens is 527 g/mol. The molecule has 0 N–H and O–H groups in total. The number of halogens is 3. The Morgan fingerprint density at radius 2 is 0.778 bits per heavy atom. The molecule has 3 aliphatic heterocycles. The minimum absolute atomic E-state index is 0.284. The molecule has 9 heteroatoms. The minimum Gasteiger partial charge on any atom is -0.346 e. The molecule has 0 spiro atoms. The van der Waals surface area contributed by atoms with Crippen LogP contribution < -0.4 is 0 Å². The first-order valence-corrected chi connectivity index (χ1v) is 12.8. The normalized spacial score (nSPS) is 32.2. The van der Waals surface area contributed by atoms with Gasteiger partial charge in [0, 0.05) is 31.8 Å². The third kappa shape index (κ3) is 5.16. The van der Waals surface area contributed by atoms with Gasteiger partial charge in [-0.1, -0.05) is 71.2 Å². The van der Waals surface area contributed by atoms with Crippen molar-refractivity contribution in [3.05, 3.63) is 105 Å². The molecule has 6 nitrogen and oxygen atoms in total. The summed E-state index contributed by atoms with van der Waals surface area (Å²) in [7, 11) is 0. The van der Waals surface area contributed by atoms with Crippen LogP contribution in [0.2, 0.25) is 15.1 Å². The number of rotatable bonds is 4. The molecule has 3 aromatic carbocycles. The Kier molecular flexibility index (Phi) is 7.23. The lowest BCUT2D eigenvalue weighted by atomic mass is 10.0. The van der Waals surface area contributed by atoms with E-state index in [1.165, 1.54) is 0 Å². The van der Waals surface area contributed by atoms with E-state index in [0.717, 1.165) is 16.7 Å². The Hall–Kier alpha value is -1.71. The lowest BCUT2D eigenvalue weighted by Gasteiger charge is -2.29. The summed E-state index contributed by atoms with van der Waals surface area (Å²) in [5.74, 6) is 0. The molecule has 36 heavy (non-hydrogen) atoms. The van der Waals surface area contributed by atoms with Crippen molar-refractivity contribution in [1.29, 1.82) is 0 Å². The van der Waals surface area contributed by atoms with Gasteiger partial charge < -0.3 is 28.4 Å². The second-order valence-electron chi connectivity index (χ2n) is 8.87. The largest absolute Gasteiger partial charge is 0.346 e. The van der Waals surface area contributed by atoms with E-state index in [1.807, 2.05) is 60.7 Å². The quantitative estimate of drug-likeness (QED) is 0.363. The molecule has 0 aromatic heterocycles. The Balaban J connectivity index is 1.26. The number of hydrogen-bond donors (Lipinski definition) is 0. The van der Waals surface area contributed by atoms with Gasteiger partial charge in [0.05, 0.1) is 13.2 Å². The van der Waals surface area contributed by atoms with Gasteiger partial charge >= 0.3 is 0 Å². The molecule has 3 aromatic rings. The zero-order chi connectivity index (χ0) is 24.6. The lowest BCUT2D eigenvalue weighted by molar-refractivity contribution is -0.217. The van der Waals surface area contributed by atoms with Crippen LogP contribution in [0.3, 0.4) is 0 Å². The summed E-state index contributed by atoms with van der Waals surface area (Å²) in [4.78, 5) is 0. The third-order valence-electron chi connectivity index (χ3n) is 6.47. The van der Waals surface area contributed by atoms with Gasteiger partial charge in [-0.05, 0) is 36.4 Å². The van der Waals surface area contributed by atoms with E-state index in [-0.39, 0.29) is 12.7 Å². The summed E-state index contributed by atoms with van der Waals surface area (Å²) in [6, 6.07) is 22.2. The molecule has 3 fully saturated rings. The monoisotopic (exact) mass is 548 g/mol. The van der Waals surface area contributed by atoms with E-state index < -0.39 is 37.2 Å². The number of benzene rings is 3. The molecule has 0 amide bonds. The van der Waals surface area contributed by atoms with E-state index >= 15 is 0 Å². The molecule has 3 unspecified atom stereocenters. The van der Waals surface area contributed by atoms with Crippen LogP contribution in [0.1, 0.15) is 35.6 Å². The van der Waals surface area contributed by atoms with Gasteiger partial charge in [0.15, 0.2) is 18.9 Å². The van der Waals surface area contributed by atoms with E-state index in [0.29, 0.717) is 21.7 Å². The summed E-state index contributed by atoms with van der Waals surface area (Å²) >= 11 is 18.2. The average molecular weight is 550 g/mol. The molecule has 6 rings (SSSR count). The Morgan fingerprint density at radius 1 is 0.444 bits per heavy atom. The van der Waals surface area contributed by atoms with Gasteiger partial charge in [-0.15, -0.1) is 0 Å². The topological polar surface area (TPSA) is 55.4 Å². The smallest absolute Gasteiger partial charge is 0.184 e. The van der Waals surface area contributed by atoms with Crippen molar-refractivity contribution in [1.82, 2.24) is 0 Å². The lowest BCUT2D eigenvalue weighted by Crippen LogP contribution is -2.45. The second-order valence-corrected chi connectivity index (χ2v) is 10.2. The highest BCUT2D eigenvalue weighted by atomic mass is 35.5. The van der Waals surface area contributed by atoms with Crippen LogP contribution in [0.4, 0.5) is 0 Å². The van der Waals surface area contributed by atoms with Gasteiger partial charge in [0.1, 0.15) is 24.4 Å². The highest BCUT2D eigenvalue weighted by Crippen LogP contribution is 2.42. The average Bonchev–Trinajstić information content (AvgIpc) is 3.50. The van der Waals surface area contributed by atoms with Crippen molar-refractivity contribution in [3.8, 4) is 0 Å². The Morgan fingerprint density at radius 3 is 1.22 bits per heavy atom. The van der Waals surface area contributed by atoms with E-state index in [1.54, 1.807) is 12.1 Å². The molecule has 0 bridgehead atoms. The van der Waals surface area contributed by atoms with Crippen molar-refractivity contribution < 1.29 is 28.4 Å². The van der Waals surface area contributed by atoms with Crippen molar-refractivity contribution in [2.45, 2.75) is 43.3 Å². The van der Waals surface area contributed by atoms with E-state index in [2.05, 4.69) is 0 Å². The molecule has 7 atom stereocenters. The van der Waals surface area contributed by atoms with Gasteiger partial charge in [-0.25, -0.2) is 0 Å². The van der Waals surface area contributed by atoms with Crippen LogP contribution >= 0.6 is 34.8 Å². The minimum atomic E-state index is -0.641. The maximum atomic E-state index is 6.52. The van der Waals surface area contributed by atoms with Crippen LogP contribution in [-0.2, 0) is 28.4 Å². The fourth-order valence-corrected chi connectivity index (χ4v) is 5.00. The fourth-order valence-electron chi connectivity index (χ4n) is 4.62. The van der Waals surface area contributed by atoms with Crippen LogP contribution in [0.25, 0.3) is 0 Å². The molecular formula is C27H23Cl3O6. The predicted molar refractivity (Wildman–Crippen MR) is 134 cm³/mol. The maximum absolute atomic E-state index is 6.52. The molecule has 0 saturated carbocycles. The first kappa shape index (κ1) is 24.6. The highest BCUT2D eigenvalue weighted by molar-refractivity contribution is 6.31. The standard InChI is InChI=1S/C27H23Cl3O6/c28-18-7-1-15(2-8-18)25-31-13-21(33-25)23-24-22(34-27(36-24)17-5-11-20(30)12-6-17)14-32-26(35-23)16-3-9-19(29)10-4-16/h1-12,21-27H,13-14H2/t21-,22+,23-,24-,25?,26?,27?/m1/s1. The Bertz CT molecular complexity index is 1170. The van der Waals surface area contributed by atoms with Gasteiger partial charge in [-0.2, -0.15) is 0 Å². The van der Waals surface area contributed by atoms with E-state index in [4.69, 9.17) is 63.2 Å². The molecule has 3 saturated heterocycles. The van der Waals surface area contributed by atoms with Crippen molar-refractivity contribution in [2.24, 2.45) is 0 Å². The Labute approximate surface area is 223 Å². The van der Waals surface area contributed by atoms with E-state index in [9.17, 15) is 0 Å². The van der Waals surface area contributed by atoms with Crippen molar-refractivity contribution in [2.75, 3.05) is 13.2 Å². The summed E-state index contributed by atoms with van der Waals surface area (Å²) in [6.07, 6.45) is -3.51. The maximum Gasteiger partial charge on any atom is 0.184 e. The van der Waals surface area contributed by atoms with Crippen molar-refractivity contribution >= 4 is 34.8 Å². The molecule has 0 aliphatic carbocycles. The highest BCUT2D eigenvalue weighted by Gasteiger charge is 2.50. The summed E-state index contributed by atoms with van der Waals surface area (Å²) in [5.41, 5.74) is 2.58. The molecule has 3 aliphatic rings. The SMILES string of the molecule is Clc1ccc(C2OC[C@@H]3OC(c4ccc(Cl)cc4)O[C@H]3[C@@H]([C@H]3COC(c4ccc(Cl)cc4)O3)O2)cc1. The summed E-state index contributed by atoms with van der Waals surface area (Å²) in [5, 5.41) is 1.93. The predicted octanol–water partition coefficient (Wildman–Crippen LogP) is 6.66. The summed E-state index contributed by atoms with van der Waals surface area (Å²) in [6.45, 7) is 0.607. The van der Waals surface area contributed by atoms with Crippen LogP contribution in [0.15, 0.2) is 72.8 Å².